The molecule has 0 atom stereocenters. The minimum absolute atomic E-state index is 0.187. The second-order valence-electron chi connectivity index (χ2n) is 33.7. The monoisotopic (exact) mass is 916 g/mol. The van der Waals surface area contributed by atoms with Gasteiger partial charge in [-0.05, 0) is 0 Å². The number of rotatable bonds is 36. The van der Waals surface area contributed by atoms with Crippen molar-refractivity contribution in [2.24, 2.45) is 4.81 Å². The van der Waals surface area contributed by atoms with Gasteiger partial charge in [0.15, 0.2) is 0 Å². The van der Waals surface area contributed by atoms with Crippen LogP contribution in [0, 0.1) is 0 Å². The van der Waals surface area contributed by atoms with E-state index in [0.717, 1.165) is 0 Å². The van der Waals surface area contributed by atoms with Gasteiger partial charge in [0.05, 0.1) is 0 Å². The average Bonchev–Trinajstić information content (AvgIpc) is 3.19. The second-order valence-corrected chi connectivity index (χ2v) is 33.7. The van der Waals surface area contributed by atoms with Crippen molar-refractivity contribution in [3.8, 4) is 0 Å². The summed E-state index contributed by atoms with van der Waals surface area (Å²) < 4.78 is 0. The fourth-order valence-electron chi connectivity index (χ4n) is 20.9. The first-order chi connectivity index (χ1) is 34.6. The maximum atomic E-state index is 7.14. The first-order valence-electron chi connectivity index (χ1n) is 34.1. The molecular formula is H76B75N. The number of hydrogen-bond acceptors (Lipinski definition) is 1. The van der Waals surface area contributed by atoms with Crippen molar-refractivity contribution in [3.05, 3.63) is 0 Å². The summed E-state index contributed by atoms with van der Waals surface area (Å²) in [5.74, 6) is 0. The molecule has 76 heavy (non-hydrogen) atoms. The van der Waals surface area contributed by atoms with Crippen molar-refractivity contribution < 1.29 is 0 Å². The summed E-state index contributed by atoms with van der Waals surface area (Å²) in [5.41, 5.74) is 0. The molecule has 76 heteroatoms. The van der Waals surface area contributed by atoms with E-state index >= 15 is 0 Å². The zero-order valence-corrected chi connectivity index (χ0v) is 59.8. The van der Waals surface area contributed by atoms with Gasteiger partial charge in [0.2, 0.25) is 0 Å². The van der Waals surface area contributed by atoms with Crippen LogP contribution in [0.1, 0.15) is 0 Å². The van der Waals surface area contributed by atoms with Crippen molar-refractivity contribution in [2.45, 2.75) is 0 Å². The molecule has 0 unspecified atom stereocenters. The Morgan fingerprint density at radius 2 is 0.276 bits per heavy atom. The molecule has 0 fully saturated rings. The summed E-state index contributed by atoms with van der Waals surface area (Å²) in [6, 6.07) is 0. The van der Waals surface area contributed by atoms with Crippen molar-refractivity contribution in [1.29, 1.82) is 0 Å². The van der Waals surface area contributed by atoms with Gasteiger partial charge in [-0.15, -0.1) is 0 Å². The predicted octanol–water partition coefficient (Wildman–Crippen LogP) is -48.7. The molecule has 0 amide bonds. The van der Waals surface area contributed by atoms with E-state index in [-0.39, 0.29) is 6.63 Å². The summed E-state index contributed by atoms with van der Waals surface area (Å²) in [4.78, 5) is 7.14. The Labute approximate surface area is 530 Å². The van der Waals surface area contributed by atoms with E-state index < -0.39 is 0 Å². The molecule has 0 saturated heterocycles. The number of nitrogens with zero attached hydrogens (tertiary/aromatic N) is 1. The van der Waals surface area contributed by atoms with Crippen LogP contribution in [-0.2, 0) is 0 Å². The summed E-state index contributed by atoms with van der Waals surface area (Å²) in [6.45, 7) is 3.13. The van der Waals surface area contributed by atoms with Crippen molar-refractivity contribution in [2.75, 3.05) is 0 Å². The van der Waals surface area contributed by atoms with Gasteiger partial charge < -0.3 is 0 Å². The normalized spacial score (nSPS) is 9.84. The van der Waals surface area contributed by atoms with Crippen LogP contribution in [0.25, 0.3) is 0 Å². The van der Waals surface area contributed by atoms with Crippen LogP contribution in [-0.4, -0.2) is 531 Å². The quantitative estimate of drug-likeness (QED) is 0.0556. The molecule has 0 heterocycles. The topological polar surface area (TPSA) is 12.4 Å². The number of hydrogen-bond donors (Lipinski definition) is 0. The van der Waals surface area contributed by atoms with Crippen LogP contribution in [0.5, 0.6) is 0 Å². The Morgan fingerprint density at radius 1 is 0.145 bits per heavy atom. The minimum atomic E-state index is 0.187. The van der Waals surface area contributed by atoms with E-state index in [0.29, 0.717) is 223 Å². The Kier molecular flexibility index (Phi) is 39.8. The third-order valence-electron chi connectivity index (χ3n) is 21.6. The van der Waals surface area contributed by atoms with Crippen LogP contribution >= 0.6 is 0 Å². The Bertz CT molecular complexity index is 1310. The molecule has 0 aliphatic rings. The third kappa shape index (κ3) is 22.4. The SMILES string of the molecule is BB(B)B(B(B)B)B(B(B)B)B(B(/N=B/B(B(B(B(B)B)B(B)B)B(B(B)B)B(B)B)B(B(B(B)B)B(B)B)B(B(B)B)B(B)B)B(B(B(B)B)B(B)B)B(B(B)B)B(B)B)B(B(B(B)B)B(B)B)B(B(B)B)B(B)B. The zero-order chi connectivity index (χ0) is 60.2. The second kappa shape index (κ2) is 37.5. The summed E-state index contributed by atoms with van der Waals surface area (Å²) >= 11 is 0. The van der Waals surface area contributed by atoms with E-state index in [2.05, 4.69) is 301 Å². The molecule has 0 spiro atoms. The van der Waals surface area contributed by atoms with Gasteiger partial charge in [-0.25, -0.2) is 0 Å². The summed E-state index contributed by atoms with van der Waals surface area (Å²) in [5, 5.41) is 0. The fourth-order valence-corrected chi connectivity index (χ4v) is 20.9. The van der Waals surface area contributed by atoms with Gasteiger partial charge in [-0.3, -0.25) is 0 Å². The first-order valence-corrected chi connectivity index (χ1v) is 34.1. The van der Waals surface area contributed by atoms with Crippen LogP contribution in [0.15, 0.2) is 4.81 Å². The van der Waals surface area contributed by atoms with E-state index in [9.17, 15) is 0 Å². The molecule has 0 aliphatic carbocycles. The third-order valence-corrected chi connectivity index (χ3v) is 21.6. The van der Waals surface area contributed by atoms with Crippen molar-refractivity contribution in [3.63, 3.8) is 0 Å². The predicted molar refractivity (Wildman–Crippen MR) is 540 cm³/mol. The van der Waals surface area contributed by atoms with Crippen molar-refractivity contribution in [1.82, 2.24) is 0 Å². The van der Waals surface area contributed by atoms with Crippen LogP contribution in [0.4, 0.5) is 0 Å². The Balaban J connectivity index is 11.3. The van der Waals surface area contributed by atoms with Gasteiger partial charge in [-0.2, -0.15) is 0 Å². The van der Waals surface area contributed by atoms with E-state index in [1.807, 2.05) is 0 Å². The molecule has 0 radical (unpaired) electrons. The van der Waals surface area contributed by atoms with Gasteiger partial charge in [0.1, 0.15) is 0 Å². The van der Waals surface area contributed by atoms with Crippen LogP contribution in [0.3, 0.4) is 0 Å². The van der Waals surface area contributed by atoms with E-state index in [1.165, 1.54) is 0 Å². The molecular weight excluding hydrogens is 825 g/mol. The fraction of sp³-hybridized carbons (Fsp3) is 0. The standard InChI is InChI=1S/B75H76N/c1-40(2)60(41(3)4)69(58(37)38)74(72(65(50(21)22)51(23)24)66(52(25)26)53(27)28)75(73(67(54(29)30)55(31)32)68(56(33)34)57(35)36)76-39-59(70(61(42(5)6)43(7)8)62(44(9)10)45(11)12)71(63(46(13)14)47(15)16)64(48(17)18)49(19)20/h1-38H2. The maximum absolute atomic E-state index is 7.14. The molecule has 1 nitrogen and oxygen atoms in total. The van der Waals surface area contributed by atoms with E-state index in [1.54, 1.807) is 0 Å². The first kappa shape index (κ1) is 80.7. The molecule has 0 N–H and O–H groups in total. The Morgan fingerprint density at radius 3 is 0.447 bits per heavy atom. The average molecular weight is 902 g/mol. The van der Waals surface area contributed by atoms with Gasteiger partial charge in [-0.1, -0.05) is 0 Å². The zero-order valence-electron chi connectivity index (χ0n) is 59.8. The van der Waals surface area contributed by atoms with E-state index in [4.69, 9.17) is 4.81 Å². The van der Waals surface area contributed by atoms with Crippen LogP contribution < -0.4 is 0 Å². The molecule has 0 saturated carbocycles. The molecule has 0 aromatic rings. The molecule has 0 rings (SSSR count). The molecule has 0 aliphatic heterocycles. The van der Waals surface area contributed by atoms with Gasteiger partial charge in [0.25, 0.3) is 0 Å². The summed E-state index contributed by atoms with van der Waals surface area (Å²) in [6.07, 6.45) is 19.2. The molecule has 0 aromatic heterocycles. The van der Waals surface area contributed by atoms with Gasteiger partial charge >= 0.3 is 536 Å². The van der Waals surface area contributed by atoms with Crippen molar-refractivity contribution >= 4 is 531 Å². The van der Waals surface area contributed by atoms with Gasteiger partial charge in [0, 0.05) is 0 Å². The van der Waals surface area contributed by atoms with Crippen LogP contribution in [0.2, 0.25) is 0 Å². The summed E-state index contributed by atoms with van der Waals surface area (Å²) in [7, 11) is 99.5. The molecule has 0 aromatic carbocycles. The molecule has 306 valence electrons. The Hall–Kier alpha value is 4.67. The molecule has 0 bridgehead atoms.